The van der Waals surface area contributed by atoms with E-state index in [1.165, 1.54) is 0 Å². The maximum absolute atomic E-state index is 12.4. The number of carbonyl (C=O) groups excluding carboxylic acids is 1. The Labute approximate surface area is 138 Å². The van der Waals surface area contributed by atoms with Crippen LogP contribution in [0.25, 0.3) is 16.6 Å². The first-order chi connectivity index (χ1) is 11.7. The van der Waals surface area contributed by atoms with Crippen molar-refractivity contribution in [1.29, 1.82) is 0 Å². The third-order valence-corrected chi connectivity index (χ3v) is 4.10. The van der Waals surface area contributed by atoms with Gasteiger partial charge in [0.2, 0.25) is 5.91 Å². The van der Waals surface area contributed by atoms with E-state index < -0.39 is 0 Å². The van der Waals surface area contributed by atoms with Gasteiger partial charge in [0.05, 0.1) is 6.04 Å². The molecule has 3 aromatic heterocycles. The largest absolute Gasteiger partial charge is 0.345 e. The lowest BCUT2D eigenvalue weighted by Gasteiger charge is -2.13. The SMILES string of the molecule is C[C@H](NC(=O)Cn1ccc2ccccc21)c1nnc2ccccn12. The predicted octanol–water partition coefficient (Wildman–Crippen LogP) is 2.56. The quantitative estimate of drug-likeness (QED) is 0.629. The van der Waals surface area contributed by atoms with Crippen molar-refractivity contribution in [1.82, 2.24) is 24.5 Å². The molecule has 0 unspecified atom stereocenters. The average Bonchev–Trinajstić information content (AvgIpc) is 3.19. The van der Waals surface area contributed by atoms with Crippen LogP contribution >= 0.6 is 0 Å². The molecule has 1 atom stereocenters. The molecule has 3 heterocycles. The van der Waals surface area contributed by atoms with Crippen molar-refractivity contribution in [2.45, 2.75) is 19.5 Å². The summed E-state index contributed by atoms with van der Waals surface area (Å²) in [5.74, 6) is 0.660. The molecule has 0 spiro atoms. The number of amides is 1. The minimum Gasteiger partial charge on any atom is -0.345 e. The summed E-state index contributed by atoms with van der Waals surface area (Å²) in [6.45, 7) is 2.18. The molecular formula is C18H17N5O. The second kappa shape index (κ2) is 5.81. The smallest absolute Gasteiger partial charge is 0.240 e. The molecule has 0 fully saturated rings. The fourth-order valence-corrected chi connectivity index (χ4v) is 2.94. The first-order valence-corrected chi connectivity index (χ1v) is 7.85. The van der Waals surface area contributed by atoms with Crippen LogP contribution < -0.4 is 5.32 Å². The van der Waals surface area contributed by atoms with Crippen molar-refractivity contribution in [2.24, 2.45) is 0 Å². The molecule has 0 aliphatic carbocycles. The first-order valence-electron chi connectivity index (χ1n) is 7.85. The summed E-state index contributed by atoms with van der Waals surface area (Å²) in [6.07, 6.45) is 3.83. The second-order valence-electron chi connectivity index (χ2n) is 5.78. The number of para-hydroxylation sites is 1. The molecule has 0 saturated heterocycles. The van der Waals surface area contributed by atoms with Gasteiger partial charge >= 0.3 is 0 Å². The number of hydrogen-bond donors (Lipinski definition) is 1. The van der Waals surface area contributed by atoms with Gasteiger partial charge in [-0.2, -0.15) is 0 Å². The van der Waals surface area contributed by atoms with Crippen LogP contribution in [0, 0.1) is 0 Å². The van der Waals surface area contributed by atoms with Gasteiger partial charge in [0, 0.05) is 17.9 Å². The first kappa shape index (κ1) is 14.4. The van der Waals surface area contributed by atoms with E-state index in [-0.39, 0.29) is 18.5 Å². The molecule has 6 nitrogen and oxygen atoms in total. The number of hydrogen-bond acceptors (Lipinski definition) is 3. The van der Waals surface area contributed by atoms with Gasteiger partial charge in [-0.15, -0.1) is 10.2 Å². The molecular weight excluding hydrogens is 302 g/mol. The molecule has 1 aromatic carbocycles. The van der Waals surface area contributed by atoms with Crippen molar-refractivity contribution < 1.29 is 4.79 Å². The van der Waals surface area contributed by atoms with Crippen molar-refractivity contribution in [3.05, 3.63) is 66.7 Å². The summed E-state index contributed by atoms with van der Waals surface area (Å²) in [7, 11) is 0. The number of pyridine rings is 1. The van der Waals surface area contributed by atoms with Crippen LogP contribution in [0.2, 0.25) is 0 Å². The molecule has 4 aromatic rings. The van der Waals surface area contributed by atoms with Gasteiger partial charge in [-0.1, -0.05) is 24.3 Å². The third kappa shape index (κ3) is 2.52. The summed E-state index contributed by atoms with van der Waals surface area (Å²) in [6, 6.07) is 15.5. The molecule has 24 heavy (non-hydrogen) atoms. The zero-order valence-corrected chi connectivity index (χ0v) is 13.3. The second-order valence-corrected chi connectivity index (χ2v) is 5.78. The number of fused-ring (bicyclic) bond motifs is 2. The fourth-order valence-electron chi connectivity index (χ4n) is 2.94. The van der Waals surface area contributed by atoms with Gasteiger partial charge in [0.15, 0.2) is 11.5 Å². The predicted molar refractivity (Wildman–Crippen MR) is 91.5 cm³/mol. The van der Waals surface area contributed by atoms with E-state index in [0.717, 1.165) is 22.4 Å². The Hall–Kier alpha value is -3.15. The van der Waals surface area contributed by atoms with E-state index in [0.29, 0.717) is 0 Å². The molecule has 6 heteroatoms. The van der Waals surface area contributed by atoms with Gasteiger partial charge in [0.25, 0.3) is 0 Å². The van der Waals surface area contributed by atoms with E-state index in [1.807, 2.05) is 76.8 Å². The highest BCUT2D eigenvalue weighted by atomic mass is 16.2. The van der Waals surface area contributed by atoms with E-state index >= 15 is 0 Å². The standard InChI is InChI=1S/C18H17N5O/c1-13(18-21-20-16-8-4-5-10-23(16)18)19-17(24)12-22-11-9-14-6-2-3-7-15(14)22/h2-11,13H,12H2,1H3,(H,19,24)/t13-/m0/s1. The number of benzene rings is 1. The topological polar surface area (TPSA) is 64.2 Å². The van der Waals surface area contributed by atoms with Gasteiger partial charge in [-0.3, -0.25) is 9.20 Å². The van der Waals surface area contributed by atoms with Crippen LogP contribution in [0.4, 0.5) is 0 Å². The molecule has 0 aliphatic rings. The lowest BCUT2D eigenvalue weighted by Crippen LogP contribution is -2.30. The highest BCUT2D eigenvalue weighted by molar-refractivity contribution is 5.83. The van der Waals surface area contributed by atoms with Crippen LogP contribution in [-0.2, 0) is 11.3 Å². The highest BCUT2D eigenvalue weighted by Gasteiger charge is 2.16. The highest BCUT2D eigenvalue weighted by Crippen LogP contribution is 2.15. The zero-order chi connectivity index (χ0) is 16.5. The Kier molecular flexibility index (Phi) is 3.49. The number of nitrogens with one attached hydrogen (secondary N) is 1. The molecule has 1 amide bonds. The monoisotopic (exact) mass is 319 g/mol. The van der Waals surface area contributed by atoms with E-state index in [2.05, 4.69) is 15.5 Å². The van der Waals surface area contributed by atoms with Crippen LogP contribution in [0.3, 0.4) is 0 Å². The molecule has 0 radical (unpaired) electrons. The van der Waals surface area contributed by atoms with Crippen molar-refractivity contribution >= 4 is 22.5 Å². The molecule has 0 saturated carbocycles. The summed E-state index contributed by atoms with van der Waals surface area (Å²) >= 11 is 0. The summed E-state index contributed by atoms with van der Waals surface area (Å²) in [5.41, 5.74) is 1.82. The van der Waals surface area contributed by atoms with Crippen LogP contribution in [-0.4, -0.2) is 25.1 Å². The van der Waals surface area contributed by atoms with E-state index in [9.17, 15) is 4.79 Å². The maximum Gasteiger partial charge on any atom is 0.240 e. The molecule has 0 aliphatic heterocycles. The molecule has 0 bridgehead atoms. The summed E-state index contributed by atoms with van der Waals surface area (Å²) in [4.78, 5) is 12.4. The lowest BCUT2D eigenvalue weighted by molar-refractivity contribution is -0.122. The van der Waals surface area contributed by atoms with Crippen molar-refractivity contribution in [2.75, 3.05) is 0 Å². The Balaban J connectivity index is 1.51. The summed E-state index contributed by atoms with van der Waals surface area (Å²) in [5, 5.41) is 12.4. The minimum absolute atomic E-state index is 0.0588. The van der Waals surface area contributed by atoms with E-state index in [4.69, 9.17) is 0 Å². The summed E-state index contributed by atoms with van der Waals surface area (Å²) < 4.78 is 3.83. The fraction of sp³-hybridized carbons (Fsp3) is 0.167. The number of aromatic nitrogens is 4. The lowest BCUT2D eigenvalue weighted by atomic mass is 10.2. The van der Waals surface area contributed by atoms with Gasteiger partial charge in [-0.25, -0.2) is 0 Å². The van der Waals surface area contributed by atoms with Gasteiger partial charge < -0.3 is 9.88 Å². The number of nitrogens with zero attached hydrogens (tertiary/aromatic N) is 4. The maximum atomic E-state index is 12.4. The Morgan fingerprint density at radius 1 is 1.08 bits per heavy atom. The minimum atomic E-state index is -0.225. The number of rotatable bonds is 4. The van der Waals surface area contributed by atoms with E-state index in [1.54, 1.807) is 0 Å². The zero-order valence-electron chi connectivity index (χ0n) is 13.3. The molecule has 4 rings (SSSR count). The molecule has 120 valence electrons. The number of carbonyl (C=O) groups is 1. The molecule has 1 N–H and O–H groups in total. The third-order valence-electron chi connectivity index (χ3n) is 4.10. The average molecular weight is 319 g/mol. The normalized spacial score (nSPS) is 12.5. The van der Waals surface area contributed by atoms with Crippen LogP contribution in [0.15, 0.2) is 60.9 Å². The van der Waals surface area contributed by atoms with Gasteiger partial charge in [0.1, 0.15) is 6.54 Å². The van der Waals surface area contributed by atoms with Gasteiger partial charge in [-0.05, 0) is 36.6 Å². The Morgan fingerprint density at radius 3 is 2.83 bits per heavy atom. The van der Waals surface area contributed by atoms with Crippen LogP contribution in [0.5, 0.6) is 0 Å². The van der Waals surface area contributed by atoms with Crippen LogP contribution in [0.1, 0.15) is 18.8 Å². The van der Waals surface area contributed by atoms with Crippen molar-refractivity contribution in [3.8, 4) is 0 Å². The van der Waals surface area contributed by atoms with Crippen molar-refractivity contribution in [3.63, 3.8) is 0 Å². The Bertz CT molecular complexity index is 1020. The Morgan fingerprint density at radius 2 is 1.92 bits per heavy atom.